The molecule has 4 amide bonds. The van der Waals surface area contributed by atoms with Crippen LogP contribution < -0.4 is 10.8 Å². The average Bonchev–Trinajstić information content (AvgIpc) is 3.05. The van der Waals surface area contributed by atoms with Crippen LogP contribution in [0.2, 0.25) is 0 Å². The largest absolute Gasteiger partial charge is 0.325 e. The van der Waals surface area contributed by atoms with Crippen molar-refractivity contribution in [2.75, 3.05) is 0 Å². The molecule has 0 aromatic heterocycles. The minimum atomic E-state index is -1.20. The Labute approximate surface area is 179 Å². The van der Waals surface area contributed by atoms with E-state index in [1.807, 2.05) is 60.7 Å². The first kappa shape index (κ1) is 20.3. The minimum Gasteiger partial charge on any atom is -0.319 e. The molecule has 1 aliphatic heterocycles. The first-order valence-corrected chi connectivity index (χ1v) is 9.80. The van der Waals surface area contributed by atoms with Crippen molar-refractivity contribution in [1.82, 2.24) is 15.7 Å². The summed E-state index contributed by atoms with van der Waals surface area (Å²) in [5.74, 6) is -0.961. The quantitative estimate of drug-likeness (QED) is 0.327. The maximum absolute atomic E-state index is 13.6. The number of amides is 4. The van der Waals surface area contributed by atoms with Crippen LogP contribution >= 0.6 is 0 Å². The van der Waals surface area contributed by atoms with Gasteiger partial charge in [-0.05, 0) is 28.8 Å². The van der Waals surface area contributed by atoms with Gasteiger partial charge in [-0.2, -0.15) is 0 Å². The molecule has 1 atom stereocenters. The van der Waals surface area contributed by atoms with E-state index in [0.717, 1.165) is 11.1 Å². The molecule has 7 nitrogen and oxygen atoms in total. The third-order valence-electron chi connectivity index (χ3n) is 5.41. The third-order valence-corrected chi connectivity index (χ3v) is 5.41. The van der Waals surface area contributed by atoms with Gasteiger partial charge in [-0.3, -0.25) is 19.7 Å². The molecule has 1 fully saturated rings. The highest BCUT2D eigenvalue weighted by atomic mass is 16.5. The normalized spacial score (nSPS) is 18.0. The number of nitrogens with one attached hydrogen (secondary N) is 2. The smallest absolute Gasteiger partial charge is 0.319 e. The molecular weight excluding hydrogens is 394 g/mol. The number of hydrogen-bond acceptors (Lipinski definition) is 4. The van der Waals surface area contributed by atoms with Crippen LogP contribution in [0.1, 0.15) is 27.0 Å². The Morgan fingerprint density at radius 1 is 0.871 bits per heavy atom. The van der Waals surface area contributed by atoms with Gasteiger partial charge < -0.3 is 5.32 Å². The van der Waals surface area contributed by atoms with Crippen molar-refractivity contribution < 1.29 is 19.6 Å². The first-order chi connectivity index (χ1) is 15.0. The molecule has 0 spiro atoms. The number of carbonyl (C=O) groups excluding carboxylic acids is 3. The second kappa shape index (κ2) is 8.41. The SMILES string of the molecule is O=C(NO)c1ccc(CN2C(=O)NC(Cc3ccccc3)(c3ccccc3)C2=O)cc1. The maximum atomic E-state index is 13.6. The Hall–Kier alpha value is -3.97. The number of benzene rings is 3. The number of hydroxylamine groups is 1. The van der Waals surface area contributed by atoms with E-state index in [1.165, 1.54) is 17.0 Å². The van der Waals surface area contributed by atoms with Crippen molar-refractivity contribution in [3.05, 3.63) is 107 Å². The Morgan fingerprint density at radius 2 is 1.48 bits per heavy atom. The lowest BCUT2D eigenvalue weighted by Gasteiger charge is -2.27. The molecule has 3 aromatic carbocycles. The van der Waals surface area contributed by atoms with Gasteiger partial charge in [-0.25, -0.2) is 10.3 Å². The van der Waals surface area contributed by atoms with E-state index >= 15 is 0 Å². The number of nitrogens with zero attached hydrogens (tertiary/aromatic N) is 1. The van der Waals surface area contributed by atoms with Crippen LogP contribution in [0.15, 0.2) is 84.9 Å². The van der Waals surface area contributed by atoms with E-state index in [-0.39, 0.29) is 18.0 Å². The minimum absolute atomic E-state index is 0.0645. The summed E-state index contributed by atoms with van der Waals surface area (Å²) in [6.45, 7) is 0.0645. The van der Waals surface area contributed by atoms with Crippen molar-refractivity contribution in [3.63, 3.8) is 0 Å². The molecule has 1 unspecified atom stereocenters. The lowest BCUT2D eigenvalue weighted by Crippen LogP contribution is -2.46. The lowest BCUT2D eigenvalue weighted by atomic mass is 9.83. The Balaban J connectivity index is 1.65. The zero-order chi connectivity index (χ0) is 21.8. The van der Waals surface area contributed by atoms with E-state index in [4.69, 9.17) is 5.21 Å². The number of rotatable bonds is 6. The van der Waals surface area contributed by atoms with E-state index in [9.17, 15) is 14.4 Å². The van der Waals surface area contributed by atoms with Crippen molar-refractivity contribution in [1.29, 1.82) is 0 Å². The van der Waals surface area contributed by atoms with E-state index in [2.05, 4.69) is 5.32 Å². The molecule has 0 bridgehead atoms. The highest BCUT2D eigenvalue weighted by Gasteiger charge is 2.52. The molecule has 1 heterocycles. The summed E-state index contributed by atoms with van der Waals surface area (Å²) in [6.07, 6.45) is 0.328. The molecule has 4 rings (SSSR count). The second-order valence-electron chi connectivity index (χ2n) is 7.39. The highest BCUT2D eigenvalue weighted by Crippen LogP contribution is 2.33. The Kier molecular flexibility index (Phi) is 5.51. The van der Waals surface area contributed by atoms with E-state index in [0.29, 0.717) is 12.0 Å². The molecule has 7 heteroatoms. The predicted molar refractivity (Wildman–Crippen MR) is 113 cm³/mol. The van der Waals surface area contributed by atoms with E-state index in [1.54, 1.807) is 17.6 Å². The number of imide groups is 1. The molecular formula is C24H21N3O4. The van der Waals surface area contributed by atoms with Crippen molar-refractivity contribution in [2.45, 2.75) is 18.5 Å². The summed E-state index contributed by atoms with van der Waals surface area (Å²) in [5, 5.41) is 11.7. The summed E-state index contributed by atoms with van der Waals surface area (Å²) in [4.78, 5) is 39.2. The topological polar surface area (TPSA) is 98.7 Å². The van der Waals surface area contributed by atoms with Crippen LogP contribution in [0, 0.1) is 0 Å². The van der Waals surface area contributed by atoms with Gasteiger partial charge in [0.2, 0.25) is 0 Å². The average molecular weight is 415 g/mol. The summed E-state index contributed by atoms with van der Waals surface area (Å²) in [5.41, 5.74) is 2.98. The molecule has 3 N–H and O–H groups in total. The Bertz CT molecular complexity index is 1100. The fraction of sp³-hybridized carbons (Fsp3) is 0.125. The van der Waals surface area contributed by atoms with Crippen molar-refractivity contribution >= 4 is 17.8 Å². The molecule has 0 saturated carbocycles. The van der Waals surface area contributed by atoms with Crippen molar-refractivity contribution in [3.8, 4) is 0 Å². The molecule has 3 aromatic rings. The highest BCUT2D eigenvalue weighted by molar-refractivity contribution is 6.07. The van der Waals surface area contributed by atoms with Gasteiger partial charge in [0.15, 0.2) is 5.54 Å². The molecule has 1 aliphatic rings. The first-order valence-electron chi connectivity index (χ1n) is 9.80. The molecule has 1 saturated heterocycles. The maximum Gasteiger partial charge on any atom is 0.325 e. The number of urea groups is 1. The van der Waals surface area contributed by atoms with Gasteiger partial charge in [0.05, 0.1) is 6.54 Å². The fourth-order valence-electron chi connectivity index (χ4n) is 3.82. The van der Waals surface area contributed by atoms with Crippen LogP contribution in [-0.4, -0.2) is 28.0 Å². The predicted octanol–water partition coefficient (Wildman–Crippen LogP) is 3.00. The van der Waals surface area contributed by atoms with Gasteiger partial charge >= 0.3 is 6.03 Å². The monoisotopic (exact) mass is 415 g/mol. The van der Waals surface area contributed by atoms with E-state index < -0.39 is 17.5 Å². The van der Waals surface area contributed by atoms with Gasteiger partial charge in [0, 0.05) is 12.0 Å². The van der Waals surface area contributed by atoms with Crippen LogP contribution in [-0.2, 0) is 23.3 Å². The summed E-state index contributed by atoms with van der Waals surface area (Å²) in [6, 6.07) is 24.6. The standard InChI is InChI=1S/C24H21N3O4/c28-21(26-31)19-13-11-18(12-14-19)16-27-22(29)24(25-23(27)30,20-9-5-2-6-10-20)15-17-7-3-1-4-8-17/h1-14,31H,15-16H2,(H,25,30)(H,26,28). The number of carbonyl (C=O) groups is 3. The van der Waals surface area contributed by atoms with Crippen LogP contribution in [0.5, 0.6) is 0 Å². The van der Waals surface area contributed by atoms with Crippen LogP contribution in [0.4, 0.5) is 4.79 Å². The van der Waals surface area contributed by atoms with Crippen molar-refractivity contribution in [2.24, 2.45) is 0 Å². The summed E-state index contributed by atoms with van der Waals surface area (Å²) < 4.78 is 0. The van der Waals surface area contributed by atoms with Crippen LogP contribution in [0.25, 0.3) is 0 Å². The van der Waals surface area contributed by atoms with Gasteiger partial charge in [0.25, 0.3) is 11.8 Å². The summed E-state index contributed by atoms with van der Waals surface area (Å²) in [7, 11) is 0. The molecule has 0 radical (unpaired) electrons. The van der Waals surface area contributed by atoms with Gasteiger partial charge in [-0.15, -0.1) is 0 Å². The zero-order valence-corrected chi connectivity index (χ0v) is 16.6. The zero-order valence-electron chi connectivity index (χ0n) is 16.6. The lowest BCUT2D eigenvalue weighted by molar-refractivity contribution is -0.132. The molecule has 0 aliphatic carbocycles. The second-order valence-corrected chi connectivity index (χ2v) is 7.39. The van der Waals surface area contributed by atoms with Gasteiger partial charge in [-0.1, -0.05) is 72.8 Å². The van der Waals surface area contributed by atoms with Crippen LogP contribution in [0.3, 0.4) is 0 Å². The third kappa shape index (κ3) is 3.91. The van der Waals surface area contributed by atoms with Gasteiger partial charge in [0.1, 0.15) is 0 Å². The molecule has 31 heavy (non-hydrogen) atoms. The fourth-order valence-corrected chi connectivity index (χ4v) is 3.82. The molecule has 156 valence electrons. The Morgan fingerprint density at radius 3 is 2.10 bits per heavy atom. The summed E-state index contributed by atoms with van der Waals surface area (Å²) >= 11 is 0. The number of hydrogen-bond donors (Lipinski definition) is 3.